The fraction of sp³-hybridized carbons (Fsp3) is 0.250. The van der Waals surface area contributed by atoms with Crippen molar-refractivity contribution >= 4 is 11.9 Å². The van der Waals surface area contributed by atoms with E-state index in [4.69, 9.17) is 5.11 Å². The molecule has 1 aromatic heterocycles. The maximum atomic E-state index is 13.8. The van der Waals surface area contributed by atoms with Gasteiger partial charge in [0.15, 0.2) is 0 Å². The zero-order valence-corrected chi connectivity index (χ0v) is 10.2. The van der Waals surface area contributed by atoms with E-state index < -0.39 is 23.6 Å². The summed E-state index contributed by atoms with van der Waals surface area (Å²) in [7, 11) is 0. The van der Waals surface area contributed by atoms with Crippen LogP contribution in [0.25, 0.3) is 0 Å². The zero-order chi connectivity index (χ0) is 14.3. The summed E-state index contributed by atoms with van der Waals surface area (Å²) >= 11 is 0. The number of carboxylic acids is 1. The molecule has 0 saturated heterocycles. The molecule has 2 aromatic rings. The normalized spacial score (nSPS) is 17.4. The molecule has 0 aliphatic carbocycles. The molecule has 1 unspecified atom stereocenters. The molecule has 8 heteroatoms. The predicted octanol–water partition coefficient (Wildman–Crippen LogP) is 1.66. The first kappa shape index (κ1) is 12.5. The summed E-state index contributed by atoms with van der Waals surface area (Å²) in [6.45, 7) is 0.471. The summed E-state index contributed by atoms with van der Waals surface area (Å²) in [5.41, 5.74) is 0.134. The molecule has 0 bridgehead atoms. The van der Waals surface area contributed by atoms with Crippen molar-refractivity contribution in [2.45, 2.75) is 12.5 Å². The van der Waals surface area contributed by atoms with Crippen molar-refractivity contribution in [3.63, 3.8) is 0 Å². The van der Waals surface area contributed by atoms with Gasteiger partial charge in [-0.3, -0.25) is 0 Å². The molecule has 1 aromatic carbocycles. The van der Waals surface area contributed by atoms with Crippen molar-refractivity contribution in [1.29, 1.82) is 0 Å². The monoisotopic (exact) mass is 280 g/mol. The molecule has 6 nitrogen and oxygen atoms in total. The van der Waals surface area contributed by atoms with Crippen LogP contribution < -0.4 is 5.32 Å². The molecule has 3 rings (SSSR count). The predicted molar refractivity (Wildman–Crippen MR) is 64.6 cm³/mol. The highest BCUT2D eigenvalue weighted by molar-refractivity contribution is 5.83. The number of nitrogens with zero attached hydrogens (tertiary/aromatic N) is 3. The van der Waals surface area contributed by atoms with Gasteiger partial charge in [0.2, 0.25) is 5.95 Å². The summed E-state index contributed by atoms with van der Waals surface area (Å²) in [6.07, 6.45) is 0.454. The molecule has 2 heterocycles. The lowest BCUT2D eigenvalue weighted by Crippen LogP contribution is -2.25. The second-order valence-electron chi connectivity index (χ2n) is 4.41. The number of hydrogen-bond donors (Lipinski definition) is 2. The number of benzene rings is 1. The van der Waals surface area contributed by atoms with E-state index in [1.54, 1.807) is 0 Å². The van der Waals surface area contributed by atoms with Crippen LogP contribution in [0.15, 0.2) is 18.2 Å². The maximum Gasteiger partial charge on any atom is 0.375 e. The Kier molecular flexibility index (Phi) is 2.85. The fourth-order valence-electron chi connectivity index (χ4n) is 2.25. The van der Waals surface area contributed by atoms with Gasteiger partial charge in [0.25, 0.3) is 5.82 Å². The Morgan fingerprint density at radius 3 is 3.00 bits per heavy atom. The van der Waals surface area contributed by atoms with Gasteiger partial charge in [-0.25, -0.2) is 18.3 Å². The number of carboxylic acid groups (broad SMARTS) is 1. The number of fused-ring (bicyclic) bond motifs is 1. The van der Waals surface area contributed by atoms with Crippen molar-refractivity contribution in [3.05, 3.63) is 41.2 Å². The second kappa shape index (κ2) is 4.55. The van der Waals surface area contributed by atoms with Gasteiger partial charge >= 0.3 is 5.97 Å². The van der Waals surface area contributed by atoms with E-state index >= 15 is 0 Å². The lowest BCUT2D eigenvalue weighted by molar-refractivity contribution is 0.0683. The van der Waals surface area contributed by atoms with Gasteiger partial charge in [0.05, 0.1) is 6.04 Å². The summed E-state index contributed by atoms with van der Waals surface area (Å²) in [6, 6.07) is 2.59. The average molecular weight is 280 g/mol. The quantitative estimate of drug-likeness (QED) is 0.874. The number of anilines is 1. The first-order chi connectivity index (χ1) is 9.56. The average Bonchev–Trinajstić information content (AvgIpc) is 2.85. The Morgan fingerprint density at radius 1 is 1.45 bits per heavy atom. The molecule has 0 amide bonds. The number of carbonyl (C=O) groups is 1. The van der Waals surface area contributed by atoms with E-state index in [0.717, 1.165) is 18.2 Å². The Bertz CT molecular complexity index is 686. The van der Waals surface area contributed by atoms with Gasteiger partial charge in [-0.1, -0.05) is 0 Å². The molecule has 104 valence electrons. The Labute approximate surface area is 112 Å². The third-order valence-electron chi connectivity index (χ3n) is 3.14. The molecule has 0 spiro atoms. The Hall–Kier alpha value is -2.51. The third kappa shape index (κ3) is 1.98. The van der Waals surface area contributed by atoms with E-state index in [2.05, 4.69) is 15.4 Å². The number of aromatic nitrogens is 3. The van der Waals surface area contributed by atoms with Crippen LogP contribution in [0.1, 0.15) is 28.6 Å². The van der Waals surface area contributed by atoms with Crippen molar-refractivity contribution in [1.82, 2.24) is 14.8 Å². The molecule has 20 heavy (non-hydrogen) atoms. The third-order valence-corrected chi connectivity index (χ3v) is 3.14. The van der Waals surface area contributed by atoms with Crippen LogP contribution in [0.2, 0.25) is 0 Å². The topological polar surface area (TPSA) is 80.0 Å². The van der Waals surface area contributed by atoms with Crippen molar-refractivity contribution < 1.29 is 18.7 Å². The summed E-state index contributed by atoms with van der Waals surface area (Å²) < 4.78 is 28.4. The van der Waals surface area contributed by atoms with Crippen LogP contribution in [0, 0.1) is 11.6 Å². The number of nitrogens with one attached hydrogen (secondary N) is 1. The van der Waals surface area contributed by atoms with Crippen molar-refractivity contribution in [2.75, 3.05) is 11.9 Å². The van der Waals surface area contributed by atoms with E-state index in [1.807, 2.05) is 0 Å². The van der Waals surface area contributed by atoms with Gasteiger partial charge in [0.1, 0.15) is 11.6 Å². The standard InChI is InChI=1S/C12H10F2N4O2/c13-6-1-2-8(14)7(5-6)9-3-4-15-12-16-10(11(19)20)17-18(9)12/h1-2,5,9H,3-4H2,(H,19,20)(H,15,16,17). The number of halogens is 2. The van der Waals surface area contributed by atoms with Gasteiger partial charge in [-0.2, -0.15) is 4.98 Å². The van der Waals surface area contributed by atoms with E-state index in [0.29, 0.717) is 13.0 Å². The summed E-state index contributed by atoms with van der Waals surface area (Å²) in [4.78, 5) is 14.7. The summed E-state index contributed by atoms with van der Waals surface area (Å²) in [5, 5.41) is 15.6. The van der Waals surface area contributed by atoms with Gasteiger partial charge in [-0.15, -0.1) is 5.10 Å². The van der Waals surface area contributed by atoms with Gasteiger partial charge in [-0.05, 0) is 24.6 Å². The van der Waals surface area contributed by atoms with Crippen LogP contribution in [-0.4, -0.2) is 32.4 Å². The Morgan fingerprint density at radius 2 is 2.25 bits per heavy atom. The highest BCUT2D eigenvalue weighted by Crippen LogP contribution is 2.30. The first-order valence-corrected chi connectivity index (χ1v) is 5.95. The fourth-order valence-corrected chi connectivity index (χ4v) is 2.25. The van der Waals surface area contributed by atoms with Crippen molar-refractivity contribution in [2.24, 2.45) is 0 Å². The van der Waals surface area contributed by atoms with Crippen LogP contribution in [-0.2, 0) is 0 Å². The molecule has 1 atom stereocenters. The highest BCUT2D eigenvalue weighted by Gasteiger charge is 2.28. The van der Waals surface area contributed by atoms with E-state index in [9.17, 15) is 13.6 Å². The van der Waals surface area contributed by atoms with Gasteiger partial charge in [0, 0.05) is 12.1 Å². The lowest BCUT2D eigenvalue weighted by atomic mass is 10.0. The molecular weight excluding hydrogens is 270 g/mol. The number of hydrogen-bond acceptors (Lipinski definition) is 4. The maximum absolute atomic E-state index is 13.8. The van der Waals surface area contributed by atoms with E-state index in [-0.39, 0.29) is 17.3 Å². The van der Waals surface area contributed by atoms with Crippen LogP contribution in [0.4, 0.5) is 14.7 Å². The largest absolute Gasteiger partial charge is 0.475 e. The van der Waals surface area contributed by atoms with Gasteiger partial charge < -0.3 is 10.4 Å². The number of aromatic carboxylic acids is 1. The Balaban J connectivity index is 2.09. The molecule has 0 saturated carbocycles. The minimum atomic E-state index is -1.27. The smallest absolute Gasteiger partial charge is 0.375 e. The SMILES string of the molecule is O=C(O)c1nc2n(n1)C(c1cc(F)ccc1F)CCN2. The van der Waals surface area contributed by atoms with Crippen LogP contribution in [0.3, 0.4) is 0 Å². The highest BCUT2D eigenvalue weighted by atomic mass is 19.1. The number of rotatable bonds is 2. The van der Waals surface area contributed by atoms with E-state index in [1.165, 1.54) is 4.68 Å². The lowest BCUT2D eigenvalue weighted by Gasteiger charge is -2.24. The molecule has 1 aliphatic rings. The molecule has 2 N–H and O–H groups in total. The molecule has 0 radical (unpaired) electrons. The minimum absolute atomic E-state index is 0.134. The van der Waals surface area contributed by atoms with Crippen LogP contribution in [0.5, 0.6) is 0 Å². The first-order valence-electron chi connectivity index (χ1n) is 5.95. The minimum Gasteiger partial charge on any atom is -0.475 e. The molecule has 1 aliphatic heterocycles. The van der Waals surface area contributed by atoms with Crippen LogP contribution >= 0.6 is 0 Å². The second-order valence-corrected chi connectivity index (χ2v) is 4.41. The van der Waals surface area contributed by atoms with Crippen molar-refractivity contribution in [3.8, 4) is 0 Å². The molecular formula is C12H10F2N4O2. The summed E-state index contributed by atoms with van der Waals surface area (Å²) in [5.74, 6) is -2.53. The zero-order valence-electron chi connectivity index (χ0n) is 10.2. The molecule has 0 fully saturated rings.